The number of halogens is 1. The second-order valence-electron chi connectivity index (χ2n) is 7.00. The largest absolute Gasteiger partial charge is 0.495 e. The van der Waals surface area contributed by atoms with E-state index in [1.165, 1.54) is 10.3 Å². The molecule has 0 radical (unpaired) electrons. The van der Waals surface area contributed by atoms with E-state index < -0.39 is 0 Å². The van der Waals surface area contributed by atoms with Crippen molar-refractivity contribution in [2.45, 2.75) is 19.5 Å². The summed E-state index contributed by atoms with van der Waals surface area (Å²) < 4.78 is 6.75. The number of benzene rings is 2. The van der Waals surface area contributed by atoms with Gasteiger partial charge in [0.2, 0.25) is 0 Å². The van der Waals surface area contributed by atoms with Crippen LogP contribution in [-0.2, 0) is 6.42 Å². The Morgan fingerprint density at radius 2 is 1.86 bits per heavy atom. The van der Waals surface area contributed by atoms with E-state index in [1.807, 2.05) is 12.1 Å². The zero-order valence-corrected chi connectivity index (χ0v) is 18.8. The van der Waals surface area contributed by atoms with Gasteiger partial charge in [0, 0.05) is 32.6 Å². The van der Waals surface area contributed by atoms with E-state index in [0.717, 1.165) is 54.6 Å². The third kappa shape index (κ3) is 4.33. The zero-order valence-electron chi connectivity index (χ0n) is 16.3. The number of anilines is 1. The maximum atomic E-state index is 6.53. The van der Waals surface area contributed by atoms with Crippen molar-refractivity contribution in [1.29, 1.82) is 0 Å². The Bertz CT molecular complexity index is 924. The average molecular weight is 463 g/mol. The molecule has 1 aromatic heterocycles. The Morgan fingerprint density at radius 1 is 1.11 bits per heavy atom. The highest BCUT2D eigenvalue weighted by Crippen LogP contribution is 2.29. The molecule has 7 heteroatoms. The van der Waals surface area contributed by atoms with Crippen molar-refractivity contribution in [3.05, 3.63) is 53.0 Å². The highest BCUT2D eigenvalue weighted by molar-refractivity contribution is 8.93. The maximum Gasteiger partial charge on any atom is 0.142 e. The van der Waals surface area contributed by atoms with E-state index in [-0.39, 0.29) is 23.1 Å². The summed E-state index contributed by atoms with van der Waals surface area (Å²) in [5.41, 5.74) is 10.0. The molecule has 0 aliphatic carbocycles. The summed E-state index contributed by atoms with van der Waals surface area (Å²) in [7, 11) is 1.73. The first-order valence-electron chi connectivity index (χ1n) is 9.38. The second-order valence-corrected chi connectivity index (χ2v) is 8.11. The summed E-state index contributed by atoms with van der Waals surface area (Å²) in [5.74, 6) is 0.931. The molecule has 1 saturated heterocycles. The lowest BCUT2D eigenvalue weighted by Crippen LogP contribution is -2.54. The van der Waals surface area contributed by atoms with Crippen molar-refractivity contribution in [2.75, 3.05) is 38.2 Å². The molecule has 0 amide bonds. The van der Waals surface area contributed by atoms with Gasteiger partial charge in [-0.3, -0.25) is 4.90 Å². The van der Waals surface area contributed by atoms with Gasteiger partial charge in [0.25, 0.3) is 0 Å². The summed E-state index contributed by atoms with van der Waals surface area (Å²) in [6, 6.07) is 14.6. The second kappa shape index (κ2) is 9.22. The number of aryl methyl sites for hydroxylation is 1. The molecular weight excluding hydrogens is 436 g/mol. The molecule has 150 valence electrons. The molecule has 0 saturated carbocycles. The quantitative estimate of drug-likeness (QED) is 0.623. The molecule has 0 spiro atoms. The molecule has 3 aromatic rings. The van der Waals surface area contributed by atoms with Crippen molar-refractivity contribution < 1.29 is 4.74 Å². The number of nitrogens with two attached hydrogens (primary N) is 1. The molecule has 1 unspecified atom stereocenters. The molecule has 2 N–H and O–H groups in total. The van der Waals surface area contributed by atoms with Crippen LogP contribution >= 0.6 is 28.3 Å². The van der Waals surface area contributed by atoms with Gasteiger partial charge in [-0.15, -0.1) is 28.3 Å². The Labute approximate surface area is 180 Å². The molecule has 28 heavy (non-hydrogen) atoms. The van der Waals surface area contributed by atoms with Crippen LogP contribution < -0.4 is 15.4 Å². The van der Waals surface area contributed by atoms with Crippen LogP contribution in [0.1, 0.15) is 10.6 Å². The summed E-state index contributed by atoms with van der Waals surface area (Å²) in [4.78, 5) is 9.56. The Morgan fingerprint density at radius 3 is 2.57 bits per heavy atom. The van der Waals surface area contributed by atoms with E-state index in [1.54, 1.807) is 18.4 Å². The molecule has 4 rings (SSSR count). The third-order valence-corrected chi connectivity index (χ3v) is 6.30. The first-order chi connectivity index (χ1) is 13.2. The first kappa shape index (κ1) is 21.0. The van der Waals surface area contributed by atoms with E-state index in [9.17, 15) is 0 Å². The fourth-order valence-electron chi connectivity index (χ4n) is 3.71. The molecular formula is C21H27BrN4OS. The number of rotatable bonds is 5. The van der Waals surface area contributed by atoms with Gasteiger partial charge in [-0.2, -0.15) is 0 Å². The van der Waals surface area contributed by atoms with E-state index in [4.69, 9.17) is 15.5 Å². The van der Waals surface area contributed by atoms with Crippen molar-refractivity contribution >= 4 is 44.2 Å². The molecule has 5 nitrogen and oxygen atoms in total. The van der Waals surface area contributed by atoms with Gasteiger partial charge in [0.05, 0.1) is 34.2 Å². The SMILES string of the molecule is Br.COc1ccccc1N1CCN(C(N)Cc2nc3c(C)cccc3s2)CC1. The monoisotopic (exact) mass is 462 g/mol. The number of aromatic nitrogens is 1. The Balaban J connectivity index is 0.00000225. The van der Waals surface area contributed by atoms with Gasteiger partial charge in [-0.05, 0) is 30.7 Å². The fraction of sp³-hybridized carbons (Fsp3) is 0.381. The summed E-state index contributed by atoms with van der Waals surface area (Å²) in [6.07, 6.45) is 0.804. The van der Waals surface area contributed by atoms with Crippen molar-refractivity contribution in [2.24, 2.45) is 5.73 Å². The Kier molecular flexibility index (Phi) is 6.93. The molecule has 1 aliphatic rings. The minimum atomic E-state index is 0. The molecule has 2 aromatic carbocycles. The minimum absolute atomic E-state index is 0. The molecule has 1 fully saturated rings. The highest BCUT2D eigenvalue weighted by Gasteiger charge is 2.24. The minimum Gasteiger partial charge on any atom is -0.495 e. The van der Waals surface area contributed by atoms with Gasteiger partial charge in [-0.1, -0.05) is 24.3 Å². The van der Waals surface area contributed by atoms with Crippen LogP contribution in [0.15, 0.2) is 42.5 Å². The number of piperazine rings is 1. The summed E-state index contributed by atoms with van der Waals surface area (Å²) >= 11 is 1.76. The number of methoxy groups -OCH3 is 1. The van der Waals surface area contributed by atoms with Crippen LogP contribution in [0.25, 0.3) is 10.2 Å². The van der Waals surface area contributed by atoms with E-state index in [0.29, 0.717) is 0 Å². The Hall–Kier alpha value is -1.67. The molecule has 1 atom stereocenters. The van der Waals surface area contributed by atoms with E-state index in [2.05, 4.69) is 47.1 Å². The van der Waals surface area contributed by atoms with Crippen LogP contribution in [0.2, 0.25) is 0 Å². The lowest BCUT2D eigenvalue weighted by molar-refractivity contribution is 0.187. The van der Waals surface area contributed by atoms with Crippen LogP contribution in [0.4, 0.5) is 5.69 Å². The normalized spacial score (nSPS) is 16.0. The fourth-order valence-corrected chi connectivity index (χ4v) is 4.81. The number of fused-ring (bicyclic) bond motifs is 1. The van der Waals surface area contributed by atoms with Crippen LogP contribution in [0.5, 0.6) is 5.75 Å². The van der Waals surface area contributed by atoms with Crippen molar-refractivity contribution in [3.8, 4) is 5.75 Å². The van der Waals surface area contributed by atoms with Gasteiger partial charge in [0.15, 0.2) is 0 Å². The lowest BCUT2D eigenvalue weighted by atomic mass is 10.2. The molecule has 2 heterocycles. The molecule has 1 aliphatic heterocycles. The van der Waals surface area contributed by atoms with Crippen LogP contribution in [0, 0.1) is 6.92 Å². The highest BCUT2D eigenvalue weighted by atomic mass is 79.9. The predicted molar refractivity (Wildman–Crippen MR) is 123 cm³/mol. The van der Waals surface area contributed by atoms with Crippen molar-refractivity contribution in [1.82, 2.24) is 9.88 Å². The number of para-hydroxylation sites is 3. The number of nitrogens with zero attached hydrogens (tertiary/aromatic N) is 3. The smallest absolute Gasteiger partial charge is 0.142 e. The van der Waals surface area contributed by atoms with Gasteiger partial charge < -0.3 is 15.4 Å². The van der Waals surface area contributed by atoms with Crippen LogP contribution in [-0.4, -0.2) is 49.3 Å². The standard InChI is InChI=1S/C21H26N4OS.BrH/c1-15-6-5-9-18-21(15)23-20(27-18)14-19(22)25-12-10-24(11-13-25)16-7-3-4-8-17(16)26-2;/h3-9,19H,10-14,22H2,1-2H3;1H. The maximum absolute atomic E-state index is 6.53. The number of thiazole rings is 1. The lowest BCUT2D eigenvalue weighted by Gasteiger charge is -2.39. The van der Waals surface area contributed by atoms with E-state index >= 15 is 0 Å². The predicted octanol–water partition coefficient (Wildman–Crippen LogP) is 3.84. The van der Waals surface area contributed by atoms with Gasteiger partial charge in [0.1, 0.15) is 5.75 Å². The van der Waals surface area contributed by atoms with Crippen molar-refractivity contribution in [3.63, 3.8) is 0 Å². The summed E-state index contributed by atoms with van der Waals surface area (Å²) in [5, 5.41) is 1.12. The van der Waals surface area contributed by atoms with Crippen LogP contribution in [0.3, 0.4) is 0 Å². The number of hydrogen-bond acceptors (Lipinski definition) is 6. The van der Waals surface area contributed by atoms with Gasteiger partial charge >= 0.3 is 0 Å². The third-order valence-electron chi connectivity index (χ3n) is 5.26. The topological polar surface area (TPSA) is 54.6 Å². The van der Waals surface area contributed by atoms with Gasteiger partial charge in [-0.25, -0.2) is 4.98 Å². The zero-order chi connectivity index (χ0) is 18.8. The number of ether oxygens (including phenoxy) is 1. The average Bonchev–Trinajstić information content (AvgIpc) is 3.12. The summed E-state index contributed by atoms with van der Waals surface area (Å²) in [6.45, 7) is 5.91. The first-order valence-corrected chi connectivity index (χ1v) is 10.2. The molecule has 0 bridgehead atoms. The number of hydrogen-bond donors (Lipinski definition) is 1.